The number of carboxylic acids is 1. The Morgan fingerprint density at radius 3 is 2.41 bits per heavy atom. The summed E-state index contributed by atoms with van der Waals surface area (Å²) >= 11 is 1.44. The highest BCUT2D eigenvalue weighted by atomic mass is 32.2. The van der Waals surface area contributed by atoms with Crippen LogP contribution in [0.3, 0.4) is 0 Å². The molecule has 0 bridgehead atoms. The Morgan fingerprint density at radius 2 is 1.81 bits per heavy atom. The van der Waals surface area contributed by atoms with E-state index in [1.165, 1.54) is 42.1 Å². The van der Waals surface area contributed by atoms with Gasteiger partial charge in [-0.25, -0.2) is 12.8 Å². The van der Waals surface area contributed by atoms with Crippen molar-refractivity contribution >= 4 is 27.8 Å². The molecule has 0 radical (unpaired) electrons. The van der Waals surface area contributed by atoms with Crippen molar-refractivity contribution in [3.05, 3.63) is 54.3 Å². The number of hydrogen-bond acceptors (Lipinski definition) is 4. The second-order valence-electron chi connectivity index (χ2n) is 6.81. The van der Waals surface area contributed by atoms with Gasteiger partial charge in [-0.05, 0) is 37.6 Å². The van der Waals surface area contributed by atoms with Crippen LogP contribution in [0, 0.1) is 5.82 Å². The van der Waals surface area contributed by atoms with Crippen molar-refractivity contribution < 1.29 is 22.7 Å². The highest BCUT2D eigenvalue weighted by Gasteiger charge is 2.48. The van der Waals surface area contributed by atoms with E-state index in [0.717, 1.165) is 4.31 Å². The van der Waals surface area contributed by atoms with Gasteiger partial charge in [0.25, 0.3) is 0 Å². The van der Waals surface area contributed by atoms with Crippen molar-refractivity contribution in [2.45, 2.75) is 29.5 Å². The first kappa shape index (κ1) is 19.9. The molecule has 27 heavy (non-hydrogen) atoms. The molecular weight excluding hydrogens is 389 g/mol. The molecule has 1 saturated heterocycles. The summed E-state index contributed by atoms with van der Waals surface area (Å²) in [6.07, 6.45) is 0. The molecule has 3 rings (SSSR count). The number of benzene rings is 2. The summed E-state index contributed by atoms with van der Waals surface area (Å²) in [5.74, 6) is -1.05. The lowest BCUT2D eigenvalue weighted by atomic mass is 10.0. The molecule has 0 spiro atoms. The van der Waals surface area contributed by atoms with Crippen molar-refractivity contribution in [2.24, 2.45) is 0 Å². The third kappa shape index (κ3) is 3.74. The third-order valence-electron chi connectivity index (χ3n) is 4.61. The van der Waals surface area contributed by atoms with Crippen LogP contribution in [0.25, 0.3) is 11.1 Å². The molecule has 1 fully saturated rings. The summed E-state index contributed by atoms with van der Waals surface area (Å²) in [5, 5.41) is 9.62. The van der Waals surface area contributed by atoms with Gasteiger partial charge < -0.3 is 5.11 Å². The summed E-state index contributed by atoms with van der Waals surface area (Å²) in [6.45, 7) is 3.60. The molecule has 1 unspecified atom stereocenters. The van der Waals surface area contributed by atoms with Crippen LogP contribution in [-0.2, 0) is 14.8 Å². The smallest absolute Gasteiger partial charge is 0.323 e. The van der Waals surface area contributed by atoms with E-state index in [0.29, 0.717) is 16.9 Å². The zero-order chi connectivity index (χ0) is 19.8. The van der Waals surface area contributed by atoms with Crippen LogP contribution >= 0.6 is 11.8 Å². The molecule has 0 aromatic heterocycles. The topological polar surface area (TPSA) is 74.7 Å². The van der Waals surface area contributed by atoms with E-state index in [-0.39, 0.29) is 11.4 Å². The van der Waals surface area contributed by atoms with Gasteiger partial charge in [-0.2, -0.15) is 16.1 Å². The Labute approximate surface area is 162 Å². The predicted molar refractivity (Wildman–Crippen MR) is 104 cm³/mol. The standard InChI is InChI=1S/C19H20FNO4S2/c1-19(2)17(18(22)23)21(11-12-26-19)27(24,25)14-9-7-13(8-10-14)15-5-3-4-6-16(15)20/h3-10,17H,11-12H2,1-2H3,(H,22,23). The van der Waals surface area contributed by atoms with Crippen LogP contribution in [0.2, 0.25) is 0 Å². The quantitative estimate of drug-likeness (QED) is 0.837. The van der Waals surface area contributed by atoms with E-state index < -0.39 is 32.6 Å². The Kier molecular flexibility index (Phi) is 5.33. The van der Waals surface area contributed by atoms with Crippen molar-refractivity contribution in [3.8, 4) is 11.1 Å². The lowest BCUT2D eigenvalue weighted by Gasteiger charge is -2.42. The SMILES string of the molecule is CC1(C)SCCN(S(=O)(=O)c2ccc(-c3ccccc3F)cc2)C1C(=O)O. The number of nitrogens with zero attached hydrogens (tertiary/aromatic N) is 1. The zero-order valence-electron chi connectivity index (χ0n) is 14.9. The molecule has 1 heterocycles. The number of carbonyl (C=O) groups is 1. The fourth-order valence-electron chi connectivity index (χ4n) is 3.27. The predicted octanol–water partition coefficient (Wildman–Crippen LogP) is 3.46. The summed E-state index contributed by atoms with van der Waals surface area (Å²) < 4.78 is 40.4. The molecule has 0 saturated carbocycles. The first-order valence-corrected chi connectivity index (χ1v) is 10.8. The van der Waals surface area contributed by atoms with E-state index in [2.05, 4.69) is 0 Å². The Balaban J connectivity index is 1.97. The highest BCUT2D eigenvalue weighted by molar-refractivity contribution is 8.00. The molecule has 1 aliphatic rings. The van der Waals surface area contributed by atoms with Crippen LogP contribution in [0.5, 0.6) is 0 Å². The molecule has 1 atom stereocenters. The summed E-state index contributed by atoms with van der Waals surface area (Å²) in [4.78, 5) is 11.8. The van der Waals surface area contributed by atoms with Gasteiger partial charge in [-0.1, -0.05) is 30.3 Å². The van der Waals surface area contributed by atoms with E-state index in [4.69, 9.17) is 0 Å². The minimum Gasteiger partial charge on any atom is -0.480 e. The number of aliphatic carboxylic acids is 1. The number of hydrogen-bond donors (Lipinski definition) is 1. The van der Waals surface area contributed by atoms with Gasteiger partial charge in [-0.15, -0.1) is 0 Å². The van der Waals surface area contributed by atoms with Gasteiger partial charge in [0.15, 0.2) is 0 Å². The van der Waals surface area contributed by atoms with Crippen molar-refractivity contribution in [1.82, 2.24) is 4.31 Å². The van der Waals surface area contributed by atoms with Crippen molar-refractivity contribution in [1.29, 1.82) is 0 Å². The zero-order valence-corrected chi connectivity index (χ0v) is 16.6. The maximum absolute atomic E-state index is 13.9. The van der Waals surface area contributed by atoms with Crippen molar-refractivity contribution in [3.63, 3.8) is 0 Å². The minimum absolute atomic E-state index is 0.00320. The van der Waals surface area contributed by atoms with E-state index in [9.17, 15) is 22.7 Å². The fourth-order valence-corrected chi connectivity index (χ4v) is 6.37. The molecule has 2 aromatic rings. The summed E-state index contributed by atoms with van der Waals surface area (Å²) in [6, 6.07) is 10.9. The average Bonchev–Trinajstić information content (AvgIpc) is 2.61. The molecule has 5 nitrogen and oxygen atoms in total. The van der Waals surface area contributed by atoms with Crippen LogP contribution < -0.4 is 0 Å². The number of sulfonamides is 1. The lowest BCUT2D eigenvalue weighted by Crippen LogP contribution is -2.58. The van der Waals surface area contributed by atoms with Crippen LogP contribution in [-0.4, -0.2) is 46.9 Å². The average molecular weight is 410 g/mol. The molecule has 1 aliphatic heterocycles. The Bertz CT molecular complexity index is 958. The van der Waals surface area contributed by atoms with Gasteiger partial charge in [0.1, 0.15) is 11.9 Å². The van der Waals surface area contributed by atoms with E-state index in [1.54, 1.807) is 32.0 Å². The Morgan fingerprint density at radius 1 is 1.19 bits per heavy atom. The molecule has 144 valence electrons. The lowest BCUT2D eigenvalue weighted by molar-refractivity contribution is -0.142. The van der Waals surface area contributed by atoms with Gasteiger partial charge in [0, 0.05) is 22.6 Å². The summed E-state index contributed by atoms with van der Waals surface area (Å²) in [5.41, 5.74) is 0.928. The number of halogens is 1. The van der Waals surface area contributed by atoms with Crippen molar-refractivity contribution in [2.75, 3.05) is 12.3 Å². The number of thioether (sulfide) groups is 1. The normalized spacial score (nSPS) is 20.3. The fraction of sp³-hybridized carbons (Fsp3) is 0.316. The monoisotopic (exact) mass is 409 g/mol. The van der Waals surface area contributed by atoms with Gasteiger partial charge in [0.05, 0.1) is 4.90 Å². The van der Waals surface area contributed by atoms with Crippen LogP contribution in [0.1, 0.15) is 13.8 Å². The van der Waals surface area contributed by atoms with Crippen LogP contribution in [0.15, 0.2) is 53.4 Å². The second-order valence-corrected chi connectivity index (χ2v) is 10.5. The van der Waals surface area contributed by atoms with Gasteiger partial charge in [0.2, 0.25) is 10.0 Å². The Hall–Kier alpha value is -1.90. The van der Waals surface area contributed by atoms with Gasteiger partial charge in [-0.3, -0.25) is 4.79 Å². The summed E-state index contributed by atoms with van der Waals surface area (Å²) in [7, 11) is -3.99. The van der Waals surface area contributed by atoms with Crippen LogP contribution in [0.4, 0.5) is 4.39 Å². The van der Waals surface area contributed by atoms with Gasteiger partial charge >= 0.3 is 5.97 Å². The maximum atomic E-state index is 13.9. The molecule has 0 aliphatic carbocycles. The molecule has 2 aromatic carbocycles. The molecule has 8 heteroatoms. The van der Waals surface area contributed by atoms with E-state index in [1.807, 2.05) is 0 Å². The minimum atomic E-state index is -3.99. The molecule has 0 amide bonds. The number of carboxylic acid groups (broad SMARTS) is 1. The van der Waals surface area contributed by atoms with E-state index >= 15 is 0 Å². The highest BCUT2D eigenvalue weighted by Crippen LogP contribution is 2.38. The number of rotatable bonds is 4. The second kappa shape index (κ2) is 7.26. The molecule has 1 N–H and O–H groups in total. The first-order valence-electron chi connectivity index (χ1n) is 8.38. The third-order valence-corrected chi connectivity index (χ3v) is 7.84. The first-order chi connectivity index (χ1) is 12.6. The molecular formula is C19H20FNO4S2. The maximum Gasteiger partial charge on any atom is 0.323 e. The largest absolute Gasteiger partial charge is 0.480 e.